The molecule has 92 valence electrons. The lowest BCUT2D eigenvalue weighted by atomic mass is 10.0. The molecule has 3 N–H and O–H groups in total. The van der Waals surface area contributed by atoms with Crippen molar-refractivity contribution in [3.63, 3.8) is 0 Å². The summed E-state index contributed by atoms with van der Waals surface area (Å²) in [5.74, 6) is -0.157. The molecule has 1 aromatic heterocycles. The minimum Gasteiger partial charge on any atom is -0.368 e. The molecule has 2 rings (SSSR count). The largest absolute Gasteiger partial charge is 0.368 e. The SMILES string of the molecule is CSc1[nH]c(C(C)=O)c2c1NC(=O)C(C)(C)N2. The molecule has 5 nitrogen and oxygen atoms in total. The molecule has 0 spiro atoms. The Bertz CT molecular complexity index is 505. The highest BCUT2D eigenvalue weighted by atomic mass is 32.2. The molecular weight excluding hydrogens is 238 g/mol. The molecule has 1 amide bonds. The van der Waals surface area contributed by atoms with Crippen LogP contribution in [0.15, 0.2) is 5.03 Å². The Morgan fingerprint density at radius 2 is 1.94 bits per heavy atom. The second kappa shape index (κ2) is 3.80. The van der Waals surface area contributed by atoms with Gasteiger partial charge in [0.05, 0.1) is 16.4 Å². The van der Waals surface area contributed by atoms with Gasteiger partial charge in [0.2, 0.25) is 5.91 Å². The van der Waals surface area contributed by atoms with E-state index >= 15 is 0 Å². The molecule has 0 aromatic carbocycles. The number of anilines is 2. The first-order valence-corrected chi connectivity index (χ1v) is 6.50. The molecule has 1 aromatic rings. The fraction of sp³-hybridized carbons (Fsp3) is 0.455. The van der Waals surface area contributed by atoms with Crippen molar-refractivity contribution in [1.82, 2.24) is 4.98 Å². The van der Waals surface area contributed by atoms with Gasteiger partial charge in [-0.25, -0.2) is 0 Å². The Hall–Kier alpha value is -1.43. The van der Waals surface area contributed by atoms with Crippen molar-refractivity contribution in [3.8, 4) is 0 Å². The predicted octanol–water partition coefficient (Wildman–Crippen LogP) is 2.08. The van der Waals surface area contributed by atoms with Gasteiger partial charge < -0.3 is 15.6 Å². The monoisotopic (exact) mass is 253 g/mol. The first-order chi connectivity index (χ1) is 7.86. The van der Waals surface area contributed by atoms with E-state index in [1.807, 2.05) is 6.26 Å². The molecule has 0 saturated heterocycles. The number of carbonyl (C=O) groups excluding carboxylic acids is 2. The van der Waals surface area contributed by atoms with E-state index in [1.54, 1.807) is 13.8 Å². The maximum atomic E-state index is 11.8. The average Bonchev–Trinajstić information content (AvgIpc) is 2.56. The van der Waals surface area contributed by atoms with Crippen LogP contribution in [-0.4, -0.2) is 28.5 Å². The van der Waals surface area contributed by atoms with E-state index in [0.717, 1.165) is 5.03 Å². The number of thioether (sulfide) groups is 1. The van der Waals surface area contributed by atoms with E-state index in [4.69, 9.17) is 0 Å². The molecule has 0 aliphatic carbocycles. The van der Waals surface area contributed by atoms with Gasteiger partial charge in [-0.05, 0) is 20.1 Å². The highest BCUT2D eigenvalue weighted by Gasteiger charge is 2.37. The molecule has 0 fully saturated rings. The third kappa shape index (κ3) is 1.82. The minimum atomic E-state index is -0.713. The van der Waals surface area contributed by atoms with Crippen molar-refractivity contribution in [2.45, 2.75) is 31.3 Å². The first kappa shape index (κ1) is 12.0. The summed E-state index contributed by atoms with van der Waals surface area (Å²) in [5.41, 5.74) is 1.16. The zero-order valence-corrected chi connectivity index (χ0v) is 11.0. The number of hydrogen-bond donors (Lipinski definition) is 3. The van der Waals surface area contributed by atoms with Crippen LogP contribution in [0.25, 0.3) is 0 Å². The van der Waals surface area contributed by atoms with Crippen molar-refractivity contribution in [1.29, 1.82) is 0 Å². The summed E-state index contributed by atoms with van der Waals surface area (Å²) in [6.45, 7) is 5.06. The van der Waals surface area contributed by atoms with E-state index in [9.17, 15) is 9.59 Å². The first-order valence-electron chi connectivity index (χ1n) is 5.27. The molecule has 0 bridgehead atoms. The highest BCUT2D eigenvalue weighted by molar-refractivity contribution is 7.98. The van der Waals surface area contributed by atoms with E-state index < -0.39 is 5.54 Å². The van der Waals surface area contributed by atoms with Crippen LogP contribution >= 0.6 is 11.8 Å². The van der Waals surface area contributed by atoms with Gasteiger partial charge in [0.25, 0.3) is 0 Å². The van der Waals surface area contributed by atoms with E-state index in [2.05, 4.69) is 15.6 Å². The number of hydrogen-bond acceptors (Lipinski definition) is 4. The number of rotatable bonds is 2. The molecular formula is C11H15N3O2S. The smallest absolute Gasteiger partial charge is 0.249 e. The number of H-pyrrole nitrogens is 1. The number of amides is 1. The van der Waals surface area contributed by atoms with Crippen LogP contribution in [0.2, 0.25) is 0 Å². The van der Waals surface area contributed by atoms with E-state index in [-0.39, 0.29) is 11.7 Å². The third-order valence-electron chi connectivity index (χ3n) is 2.77. The van der Waals surface area contributed by atoms with Crippen molar-refractivity contribution in [3.05, 3.63) is 5.69 Å². The van der Waals surface area contributed by atoms with Crippen LogP contribution in [-0.2, 0) is 4.79 Å². The molecule has 1 aliphatic rings. The lowest BCUT2D eigenvalue weighted by Crippen LogP contribution is -2.47. The summed E-state index contributed by atoms with van der Waals surface area (Å²) in [7, 11) is 0. The topological polar surface area (TPSA) is 74.0 Å². The lowest BCUT2D eigenvalue weighted by molar-refractivity contribution is -0.119. The van der Waals surface area contributed by atoms with E-state index in [0.29, 0.717) is 17.1 Å². The Labute approximate surface area is 104 Å². The van der Waals surface area contributed by atoms with Crippen LogP contribution < -0.4 is 10.6 Å². The molecule has 0 saturated carbocycles. The number of aromatic nitrogens is 1. The second-order valence-electron chi connectivity index (χ2n) is 4.54. The van der Waals surface area contributed by atoms with Crippen molar-refractivity contribution in [2.24, 2.45) is 0 Å². The highest BCUT2D eigenvalue weighted by Crippen LogP contribution is 2.40. The summed E-state index contributed by atoms with van der Waals surface area (Å²) in [4.78, 5) is 26.4. The van der Waals surface area contributed by atoms with Gasteiger partial charge in [-0.3, -0.25) is 9.59 Å². The number of ketones is 1. The van der Waals surface area contributed by atoms with Crippen molar-refractivity contribution < 1.29 is 9.59 Å². The average molecular weight is 253 g/mol. The summed E-state index contributed by atoms with van der Waals surface area (Å²) in [6.07, 6.45) is 1.89. The molecule has 2 heterocycles. The predicted molar refractivity (Wildman–Crippen MR) is 68.9 cm³/mol. The maximum absolute atomic E-state index is 11.8. The van der Waals surface area contributed by atoms with Crippen LogP contribution in [0.5, 0.6) is 0 Å². The number of fused-ring (bicyclic) bond motifs is 1. The second-order valence-corrected chi connectivity index (χ2v) is 5.36. The Balaban J connectivity index is 2.58. The van der Waals surface area contributed by atoms with Crippen molar-refractivity contribution >= 4 is 34.8 Å². The summed E-state index contributed by atoms with van der Waals surface area (Å²) in [5, 5.41) is 6.75. The van der Waals surface area contributed by atoms with Crippen LogP contribution in [0, 0.1) is 0 Å². The molecule has 0 radical (unpaired) electrons. The normalized spacial score (nSPS) is 17.1. The quantitative estimate of drug-likeness (QED) is 0.557. The molecule has 1 aliphatic heterocycles. The summed E-state index contributed by atoms with van der Waals surface area (Å²) >= 11 is 1.46. The zero-order valence-electron chi connectivity index (χ0n) is 10.2. The standard InChI is InChI=1S/C11H15N3O2S/c1-5(15)6-7-8(9(12-6)17-4)13-10(16)11(2,3)14-7/h12,14H,1-4H3,(H,13,16). The van der Waals surface area contributed by atoms with Gasteiger partial charge in [-0.15, -0.1) is 11.8 Å². The molecule has 6 heteroatoms. The van der Waals surface area contributed by atoms with Crippen LogP contribution in [0.4, 0.5) is 11.4 Å². The lowest BCUT2D eigenvalue weighted by Gasteiger charge is -2.31. The number of Topliss-reactive ketones (excluding diaryl/α,β-unsaturated/α-hetero) is 1. The molecule has 0 atom stereocenters. The Morgan fingerprint density at radius 3 is 2.47 bits per heavy atom. The Morgan fingerprint density at radius 1 is 1.29 bits per heavy atom. The fourth-order valence-electron chi connectivity index (χ4n) is 1.78. The van der Waals surface area contributed by atoms with Gasteiger partial charge in [0.1, 0.15) is 11.2 Å². The van der Waals surface area contributed by atoms with Crippen LogP contribution in [0.3, 0.4) is 0 Å². The maximum Gasteiger partial charge on any atom is 0.249 e. The number of nitrogens with one attached hydrogen (secondary N) is 3. The van der Waals surface area contributed by atoms with Gasteiger partial charge >= 0.3 is 0 Å². The van der Waals surface area contributed by atoms with E-state index in [1.165, 1.54) is 18.7 Å². The fourth-order valence-corrected chi connectivity index (χ4v) is 2.34. The number of carbonyl (C=O) groups is 2. The summed E-state index contributed by atoms with van der Waals surface area (Å²) < 4.78 is 0. The van der Waals surface area contributed by atoms with Gasteiger partial charge in [-0.1, -0.05) is 0 Å². The van der Waals surface area contributed by atoms with Gasteiger partial charge in [0.15, 0.2) is 5.78 Å². The zero-order chi connectivity index (χ0) is 12.8. The molecule has 17 heavy (non-hydrogen) atoms. The number of aromatic amines is 1. The van der Waals surface area contributed by atoms with Crippen LogP contribution in [0.1, 0.15) is 31.3 Å². The minimum absolute atomic E-state index is 0.0546. The third-order valence-corrected chi connectivity index (χ3v) is 3.48. The summed E-state index contributed by atoms with van der Waals surface area (Å²) in [6, 6.07) is 0. The Kier molecular flexibility index (Phi) is 2.69. The van der Waals surface area contributed by atoms with Gasteiger partial charge in [0, 0.05) is 6.92 Å². The van der Waals surface area contributed by atoms with Crippen molar-refractivity contribution in [2.75, 3.05) is 16.9 Å². The van der Waals surface area contributed by atoms with Gasteiger partial charge in [-0.2, -0.15) is 0 Å². The molecule has 0 unspecified atom stereocenters.